The molecule has 0 radical (unpaired) electrons. The number of carbonyl (C=O) groups excluding carboxylic acids is 2. The number of esters is 1. The number of allylic oxidation sites excluding steroid dienone is 1. The van der Waals surface area contributed by atoms with E-state index < -0.39 is 11.8 Å². The van der Waals surface area contributed by atoms with Crippen LogP contribution in [0.15, 0.2) is 60.6 Å². The summed E-state index contributed by atoms with van der Waals surface area (Å²) >= 11 is 0. The number of benzene rings is 2. The zero-order chi connectivity index (χ0) is 21.1. The maximum absolute atomic E-state index is 13.0. The molecule has 1 aliphatic carbocycles. The molecule has 7 heteroatoms. The summed E-state index contributed by atoms with van der Waals surface area (Å²) in [6.45, 7) is 0. The third-order valence-electron chi connectivity index (χ3n) is 5.30. The van der Waals surface area contributed by atoms with Crippen LogP contribution < -0.4 is 9.47 Å². The van der Waals surface area contributed by atoms with Gasteiger partial charge in [-0.2, -0.15) is 0 Å². The van der Waals surface area contributed by atoms with Crippen molar-refractivity contribution in [2.24, 2.45) is 5.92 Å². The Kier molecular flexibility index (Phi) is 5.70. The van der Waals surface area contributed by atoms with Crippen molar-refractivity contribution < 1.29 is 32.9 Å². The van der Waals surface area contributed by atoms with Crippen molar-refractivity contribution in [1.29, 1.82) is 0 Å². The van der Waals surface area contributed by atoms with Crippen molar-refractivity contribution in [1.82, 2.24) is 0 Å². The van der Waals surface area contributed by atoms with E-state index >= 15 is 0 Å². The maximum Gasteiger partial charge on any atom is 0.338 e. The van der Waals surface area contributed by atoms with Crippen LogP contribution in [0.25, 0.3) is 0 Å². The van der Waals surface area contributed by atoms with Crippen LogP contribution in [0.5, 0.6) is 11.5 Å². The van der Waals surface area contributed by atoms with E-state index in [4.69, 9.17) is 18.9 Å². The first-order chi connectivity index (χ1) is 14.5. The van der Waals surface area contributed by atoms with Crippen molar-refractivity contribution in [2.75, 3.05) is 7.11 Å². The van der Waals surface area contributed by atoms with Gasteiger partial charge in [-0.05, 0) is 49.2 Å². The second-order valence-corrected chi connectivity index (χ2v) is 7.26. The summed E-state index contributed by atoms with van der Waals surface area (Å²) in [5, 5.41) is 0. The second kappa shape index (κ2) is 8.57. The quantitative estimate of drug-likeness (QED) is 0.690. The molecule has 0 amide bonds. The summed E-state index contributed by atoms with van der Waals surface area (Å²) in [7, 11) is 1.55. The molecular weight excluding hydrogens is 391 g/mol. The topological polar surface area (TPSA) is 71.1 Å². The van der Waals surface area contributed by atoms with Crippen molar-refractivity contribution in [2.45, 2.75) is 31.5 Å². The lowest BCUT2D eigenvalue weighted by Crippen LogP contribution is -2.43. The van der Waals surface area contributed by atoms with Gasteiger partial charge in [-0.15, -0.1) is 0 Å². The van der Waals surface area contributed by atoms with E-state index in [2.05, 4.69) is 0 Å². The van der Waals surface area contributed by atoms with Gasteiger partial charge in [-0.1, -0.05) is 6.07 Å². The fourth-order valence-electron chi connectivity index (χ4n) is 3.71. The molecule has 2 aromatic rings. The molecule has 4 rings (SSSR count). The first-order valence-corrected chi connectivity index (χ1v) is 9.72. The minimum atomic E-state index is -0.516. The summed E-state index contributed by atoms with van der Waals surface area (Å²) in [5.74, 6) is -0.158. The number of ether oxygens (including phenoxy) is 4. The standard InChI is InChI=1S/C23H21FO6/c1-27-16-3-2-4-17(11-16)29-21-13-28-20-12-18(9-10-19(20)22(21)25)30-23(26)14-5-7-15(24)8-6-14/h2-8,11,13,18-20H,9-10,12H2,1H3. The van der Waals surface area contributed by atoms with Crippen LogP contribution >= 0.6 is 0 Å². The number of ketones is 1. The van der Waals surface area contributed by atoms with Crippen LogP contribution in [0.4, 0.5) is 4.39 Å². The van der Waals surface area contributed by atoms with Crippen molar-refractivity contribution in [3.05, 3.63) is 71.9 Å². The summed E-state index contributed by atoms with van der Waals surface area (Å²) in [6.07, 6.45) is 2.04. The van der Waals surface area contributed by atoms with Gasteiger partial charge < -0.3 is 18.9 Å². The van der Waals surface area contributed by atoms with E-state index in [1.165, 1.54) is 30.5 Å². The molecule has 0 saturated heterocycles. The SMILES string of the molecule is COc1cccc(OC2=COC3CC(OC(=O)c4ccc(F)cc4)CCC3C2=O)c1. The summed E-state index contributed by atoms with van der Waals surface area (Å²) in [5.41, 5.74) is 0.285. The van der Waals surface area contributed by atoms with Crippen molar-refractivity contribution in [3.8, 4) is 11.5 Å². The molecular formula is C23H21FO6. The first kappa shape index (κ1) is 19.9. The third kappa shape index (κ3) is 4.30. The fraction of sp³-hybridized carbons (Fsp3) is 0.304. The Hall–Kier alpha value is -3.35. The molecule has 1 aliphatic heterocycles. The van der Waals surface area contributed by atoms with Crippen LogP contribution in [0, 0.1) is 11.7 Å². The Morgan fingerprint density at radius 3 is 2.63 bits per heavy atom. The van der Waals surface area contributed by atoms with E-state index in [9.17, 15) is 14.0 Å². The molecule has 1 heterocycles. The number of halogens is 1. The molecule has 3 unspecified atom stereocenters. The van der Waals surface area contributed by atoms with Gasteiger partial charge in [0.1, 0.15) is 35.8 Å². The van der Waals surface area contributed by atoms with E-state index in [-0.39, 0.29) is 35.2 Å². The third-order valence-corrected chi connectivity index (χ3v) is 5.30. The second-order valence-electron chi connectivity index (χ2n) is 7.26. The molecule has 0 spiro atoms. The Labute approximate surface area is 173 Å². The molecule has 3 atom stereocenters. The number of carbonyl (C=O) groups is 2. The molecule has 6 nitrogen and oxygen atoms in total. The van der Waals surface area contributed by atoms with Gasteiger partial charge in [0.15, 0.2) is 0 Å². The number of methoxy groups -OCH3 is 1. The highest BCUT2D eigenvalue weighted by molar-refractivity contribution is 5.96. The number of Topliss-reactive ketones (excluding diaryl/α,β-unsaturated/α-hetero) is 1. The number of rotatable bonds is 5. The van der Waals surface area contributed by atoms with Gasteiger partial charge in [0.25, 0.3) is 0 Å². The van der Waals surface area contributed by atoms with Gasteiger partial charge in [-0.3, -0.25) is 4.79 Å². The van der Waals surface area contributed by atoms with Gasteiger partial charge in [0.2, 0.25) is 11.5 Å². The maximum atomic E-state index is 13.0. The Balaban J connectivity index is 1.38. The minimum Gasteiger partial charge on any atom is -0.497 e. The Morgan fingerprint density at radius 1 is 1.10 bits per heavy atom. The van der Waals surface area contributed by atoms with E-state index in [0.717, 1.165) is 0 Å². The van der Waals surface area contributed by atoms with Crippen LogP contribution in [-0.4, -0.2) is 31.1 Å². The molecule has 0 N–H and O–H groups in total. The molecule has 0 bridgehead atoms. The van der Waals surface area contributed by atoms with Crippen molar-refractivity contribution >= 4 is 11.8 Å². The molecule has 2 aromatic carbocycles. The number of hydrogen-bond donors (Lipinski definition) is 0. The highest BCUT2D eigenvalue weighted by Crippen LogP contribution is 2.35. The largest absolute Gasteiger partial charge is 0.497 e. The normalized spacial score (nSPS) is 22.9. The van der Waals surface area contributed by atoms with E-state index in [1.54, 1.807) is 31.4 Å². The van der Waals surface area contributed by atoms with Crippen LogP contribution in [0.3, 0.4) is 0 Å². The first-order valence-electron chi connectivity index (χ1n) is 9.72. The Morgan fingerprint density at radius 2 is 1.87 bits per heavy atom. The van der Waals surface area contributed by atoms with Gasteiger partial charge >= 0.3 is 5.97 Å². The van der Waals surface area contributed by atoms with Crippen LogP contribution in [-0.2, 0) is 14.3 Å². The summed E-state index contributed by atoms with van der Waals surface area (Å²) in [4.78, 5) is 25.1. The fourth-order valence-corrected chi connectivity index (χ4v) is 3.71. The number of fused-ring (bicyclic) bond motifs is 1. The molecule has 30 heavy (non-hydrogen) atoms. The zero-order valence-corrected chi connectivity index (χ0v) is 16.4. The molecule has 156 valence electrons. The lowest BCUT2D eigenvalue weighted by Gasteiger charge is -2.36. The van der Waals surface area contributed by atoms with Crippen molar-refractivity contribution in [3.63, 3.8) is 0 Å². The predicted octanol–water partition coefficient (Wildman–Crippen LogP) is 4.05. The average Bonchev–Trinajstić information content (AvgIpc) is 2.76. The molecule has 1 saturated carbocycles. The molecule has 2 aliphatic rings. The molecule has 1 fully saturated rings. The molecule has 0 aromatic heterocycles. The van der Waals surface area contributed by atoms with Gasteiger partial charge in [-0.25, -0.2) is 9.18 Å². The lowest BCUT2D eigenvalue weighted by molar-refractivity contribution is -0.132. The summed E-state index contributed by atoms with van der Waals surface area (Å²) < 4.78 is 35.2. The monoisotopic (exact) mass is 412 g/mol. The van der Waals surface area contributed by atoms with Gasteiger partial charge in [0.05, 0.1) is 18.6 Å². The zero-order valence-electron chi connectivity index (χ0n) is 16.4. The van der Waals surface area contributed by atoms with Crippen LogP contribution in [0.2, 0.25) is 0 Å². The summed E-state index contributed by atoms with van der Waals surface area (Å²) in [6, 6.07) is 12.2. The Bertz CT molecular complexity index is 968. The average molecular weight is 412 g/mol. The van der Waals surface area contributed by atoms with Gasteiger partial charge in [0, 0.05) is 12.5 Å². The minimum absolute atomic E-state index is 0.127. The van der Waals surface area contributed by atoms with Crippen LogP contribution in [0.1, 0.15) is 29.6 Å². The lowest BCUT2D eigenvalue weighted by atomic mass is 9.80. The highest BCUT2D eigenvalue weighted by Gasteiger charge is 2.42. The highest BCUT2D eigenvalue weighted by atomic mass is 19.1. The smallest absolute Gasteiger partial charge is 0.338 e. The van der Waals surface area contributed by atoms with E-state index in [0.29, 0.717) is 30.8 Å². The van der Waals surface area contributed by atoms with E-state index in [1.807, 2.05) is 0 Å². The predicted molar refractivity (Wildman–Crippen MR) is 105 cm³/mol. The number of hydrogen-bond acceptors (Lipinski definition) is 6.